The Morgan fingerprint density at radius 3 is 2.10 bits per heavy atom. The number of rotatable bonds is 12. The van der Waals surface area contributed by atoms with Gasteiger partial charge in [-0.05, 0) is 79.1 Å². The second kappa shape index (κ2) is 13.6. The molecule has 40 heavy (non-hydrogen) atoms. The van der Waals surface area contributed by atoms with Crippen LogP contribution >= 0.6 is 11.6 Å². The highest BCUT2D eigenvalue weighted by Gasteiger charge is 2.32. The molecule has 0 saturated heterocycles. The van der Waals surface area contributed by atoms with E-state index in [4.69, 9.17) is 16.3 Å². The molecule has 11 heteroatoms. The van der Waals surface area contributed by atoms with Crippen molar-refractivity contribution in [3.05, 3.63) is 89.2 Å². The summed E-state index contributed by atoms with van der Waals surface area (Å²) in [5.41, 5.74) is 0.793. The van der Waals surface area contributed by atoms with Gasteiger partial charge in [0, 0.05) is 18.1 Å². The van der Waals surface area contributed by atoms with Gasteiger partial charge in [-0.2, -0.15) is 0 Å². The Morgan fingerprint density at radius 2 is 1.55 bits per heavy atom. The quantitative estimate of drug-likeness (QED) is 0.325. The van der Waals surface area contributed by atoms with E-state index < -0.39 is 34.3 Å². The lowest BCUT2D eigenvalue weighted by molar-refractivity contribution is -0.139. The fraction of sp³-hybridized carbons (Fsp3) is 0.310. The molecule has 1 atom stereocenters. The number of hydrogen-bond donors (Lipinski definition) is 1. The van der Waals surface area contributed by atoms with Gasteiger partial charge in [0.05, 0.1) is 17.7 Å². The number of nitrogens with zero attached hydrogens (tertiary/aromatic N) is 2. The Labute approximate surface area is 239 Å². The molecule has 214 valence electrons. The molecule has 8 nitrogen and oxygen atoms in total. The largest absolute Gasteiger partial charge is 0.497 e. The number of sulfonamides is 1. The molecule has 0 spiro atoms. The molecule has 0 heterocycles. The molecule has 0 saturated carbocycles. The number of hydrogen-bond acceptors (Lipinski definition) is 5. The second-order valence-corrected chi connectivity index (χ2v) is 11.9. The minimum atomic E-state index is -4.28. The fourth-order valence-electron chi connectivity index (χ4n) is 3.83. The van der Waals surface area contributed by atoms with Gasteiger partial charge in [-0.25, -0.2) is 12.8 Å². The zero-order valence-corrected chi connectivity index (χ0v) is 24.4. The number of ether oxygens (including phenoxy) is 1. The summed E-state index contributed by atoms with van der Waals surface area (Å²) in [7, 11) is -2.82. The van der Waals surface area contributed by atoms with Crippen molar-refractivity contribution < 1.29 is 27.1 Å². The van der Waals surface area contributed by atoms with Crippen molar-refractivity contribution in [2.45, 2.75) is 38.3 Å². The topological polar surface area (TPSA) is 96.0 Å². The summed E-state index contributed by atoms with van der Waals surface area (Å²) in [5.74, 6) is -0.901. The number of halogens is 2. The first kappa shape index (κ1) is 30.9. The smallest absolute Gasteiger partial charge is 0.264 e. The van der Waals surface area contributed by atoms with E-state index in [-0.39, 0.29) is 29.0 Å². The van der Waals surface area contributed by atoms with Crippen molar-refractivity contribution in [3.63, 3.8) is 0 Å². The highest BCUT2D eigenvalue weighted by atomic mass is 35.5. The summed E-state index contributed by atoms with van der Waals surface area (Å²) in [6.45, 7) is 5.31. The maximum atomic E-state index is 13.8. The van der Waals surface area contributed by atoms with E-state index in [2.05, 4.69) is 5.32 Å². The first-order chi connectivity index (χ1) is 18.9. The van der Waals surface area contributed by atoms with Crippen molar-refractivity contribution >= 4 is 39.1 Å². The first-order valence-electron chi connectivity index (χ1n) is 12.7. The van der Waals surface area contributed by atoms with Gasteiger partial charge in [0.2, 0.25) is 11.8 Å². The van der Waals surface area contributed by atoms with Gasteiger partial charge in [0.1, 0.15) is 24.2 Å². The lowest BCUT2D eigenvalue weighted by Gasteiger charge is -2.32. The van der Waals surface area contributed by atoms with E-state index in [1.165, 1.54) is 48.4 Å². The lowest BCUT2D eigenvalue weighted by Crippen LogP contribution is -2.51. The summed E-state index contributed by atoms with van der Waals surface area (Å²) in [4.78, 5) is 28.1. The maximum Gasteiger partial charge on any atom is 0.264 e. The minimum absolute atomic E-state index is 0.0338. The molecule has 1 N–H and O–H groups in total. The predicted octanol–water partition coefficient (Wildman–Crippen LogP) is 4.87. The fourth-order valence-corrected chi connectivity index (χ4v) is 5.37. The van der Waals surface area contributed by atoms with Crippen LogP contribution in [0.1, 0.15) is 26.3 Å². The Morgan fingerprint density at radius 1 is 0.950 bits per heavy atom. The van der Waals surface area contributed by atoms with Crippen LogP contribution in [0.2, 0.25) is 5.02 Å². The third kappa shape index (κ3) is 7.95. The molecule has 0 aliphatic rings. The zero-order chi connectivity index (χ0) is 29.4. The molecule has 1 unspecified atom stereocenters. The summed E-state index contributed by atoms with van der Waals surface area (Å²) < 4.78 is 47.3. The van der Waals surface area contributed by atoms with Crippen LogP contribution in [-0.4, -0.2) is 51.4 Å². The van der Waals surface area contributed by atoms with Crippen LogP contribution in [0.25, 0.3) is 0 Å². The van der Waals surface area contributed by atoms with Crippen molar-refractivity contribution in [2.75, 3.05) is 24.5 Å². The van der Waals surface area contributed by atoms with Gasteiger partial charge >= 0.3 is 0 Å². The third-order valence-electron chi connectivity index (χ3n) is 6.16. The van der Waals surface area contributed by atoms with E-state index in [0.717, 1.165) is 16.4 Å². The van der Waals surface area contributed by atoms with Gasteiger partial charge in [-0.1, -0.05) is 37.6 Å². The first-order valence-corrected chi connectivity index (χ1v) is 14.5. The number of benzene rings is 3. The minimum Gasteiger partial charge on any atom is -0.497 e. The van der Waals surface area contributed by atoms with Gasteiger partial charge in [-0.15, -0.1) is 0 Å². The van der Waals surface area contributed by atoms with E-state index in [9.17, 15) is 22.4 Å². The molecule has 3 rings (SSSR count). The van der Waals surface area contributed by atoms with Crippen LogP contribution in [0.3, 0.4) is 0 Å². The number of methoxy groups -OCH3 is 1. The van der Waals surface area contributed by atoms with Crippen LogP contribution in [0.5, 0.6) is 5.75 Å². The third-order valence-corrected chi connectivity index (χ3v) is 8.20. The zero-order valence-electron chi connectivity index (χ0n) is 22.8. The molecule has 0 aromatic heterocycles. The van der Waals surface area contributed by atoms with Crippen molar-refractivity contribution in [1.82, 2.24) is 10.2 Å². The molecule has 0 aliphatic heterocycles. The molecule has 0 aliphatic carbocycles. The second-order valence-electron chi connectivity index (χ2n) is 9.63. The maximum absolute atomic E-state index is 13.8. The SMILES string of the molecule is COc1ccc(S(=O)(=O)N(CC(=O)N(Cc2ccc(Cl)cc2)C(C)C(=O)NCC(C)C)c2ccc(F)cc2)cc1. The van der Waals surface area contributed by atoms with E-state index >= 15 is 0 Å². The summed E-state index contributed by atoms with van der Waals surface area (Å²) >= 11 is 6.02. The van der Waals surface area contributed by atoms with Crippen LogP contribution in [0.15, 0.2) is 77.7 Å². The lowest BCUT2D eigenvalue weighted by atomic mass is 10.1. The average Bonchev–Trinajstić information content (AvgIpc) is 2.94. The predicted molar refractivity (Wildman–Crippen MR) is 153 cm³/mol. The monoisotopic (exact) mass is 589 g/mol. The van der Waals surface area contributed by atoms with Crippen molar-refractivity contribution in [3.8, 4) is 5.75 Å². The van der Waals surface area contributed by atoms with E-state index in [1.54, 1.807) is 31.2 Å². The number of amides is 2. The highest BCUT2D eigenvalue weighted by Crippen LogP contribution is 2.26. The number of nitrogens with one attached hydrogen (secondary N) is 1. The van der Waals surface area contributed by atoms with Crippen LogP contribution < -0.4 is 14.4 Å². The molecular weight excluding hydrogens is 557 g/mol. The molecule has 2 amide bonds. The standard InChI is InChI=1S/C29H33ClFN3O5S/c1-20(2)17-32-29(36)21(3)33(18-22-5-7-23(30)8-6-22)28(35)19-34(25-11-9-24(31)10-12-25)40(37,38)27-15-13-26(39-4)14-16-27/h5-16,20-21H,17-19H2,1-4H3,(H,32,36). The van der Waals surface area contributed by atoms with Crippen molar-refractivity contribution in [2.24, 2.45) is 5.92 Å². The Hall–Kier alpha value is -3.63. The van der Waals surface area contributed by atoms with Crippen LogP contribution in [-0.2, 0) is 26.2 Å². The van der Waals surface area contributed by atoms with Gasteiger partial charge < -0.3 is 15.0 Å². The molecular formula is C29H33ClFN3O5S. The normalized spacial score (nSPS) is 12.1. The Bertz CT molecular complexity index is 1400. The Balaban J connectivity index is 2.00. The van der Waals surface area contributed by atoms with Gasteiger partial charge in [0.15, 0.2) is 0 Å². The summed E-state index contributed by atoms with van der Waals surface area (Å²) in [5, 5.41) is 3.34. The summed E-state index contributed by atoms with van der Waals surface area (Å²) in [6, 6.07) is 16.4. The van der Waals surface area contributed by atoms with Gasteiger partial charge in [-0.3, -0.25) is 13.9 Å². The average molecular weight is 590 g/mol. The molecule has 0 radical (unpaired) electrons. The molecule has 0 bridgehead atoms. The van der Waals surface area contributed by atoms with E-state index in [0.29, 0.717) is 22.9 Å². The molecule has 0 fully saturated rings. The number of anilines is 1. The summed E-state index contributed by atoms with van der Waals surface area (Å²) in [6.07, 6.45) is 0. The highest BCUT2D eigenvalue weighted by molar-refractivity contribution is 7.92. The van der Waals surface area contributed by atoms with Crippen molar-refractivity contribution in [1.29, 1.82) is 0 Å². The molecule has 3 aromatic carbocycles. The molecule has 3 aromatic rings. The van der Waals surface area contributed by atoms with E-state index in [1.807, 2.05) is 13.8 Å². The van der Waals surface area contributed by atoms with Gasteiger partial charge in [0.25, 0.3) is 10.0 Å². The van der Waals surface area contributed by atoms with Crippen LogP contribution in [0, 0.1) is 11.7 Å². The van der Waals surface area contributed by atoms with Crippen LogP contribution in [0.4, 0.5) is 10.1 Å². The Kier molecular flexibility index (Phi) is 10.5. The number of carbonyl (C=O) groups excluding carboxylic acids is 2. The number of carbonyl (C=O) groups is 2.